The lowest BCUT2D eigenvalue weighted by Gasteiger charge is -2.43. The fraction of sp³-hybridized carbons (Fsp3) is 0.478. The number of aromatic amines is 1. The SMILES string of the molecule is Cc1ccccc1[C@H]1c2sc(=O)[nH]c2S[C@@H]2[C@H]3C[C@@H]([C@@H]4C(=O)N([C@@H](C)C(=O)O)C(=O)[C@H]34)[C@@H]12. The van der Waals surface area contributed by atoms with Gasteiger partial charge in [-0.3, -0.25) is 19.3 Å². The number of carboxylic acid groups (broad SMARTS) is 1. The van der Waals surface area contributed by atoms with Crippen molar-refractivity contribution < 1.29 is 19.5 Å². The number of carbonyl (C=O) groups is 3. The van der Waals surface area contributed by atoms with Gasteiger partial charge in [0.25, 0.3) is 0 Å². The Morgan fingerprint density at radius 2 is 1.84 bits per heavy atom. The number of aryl methyl sites for hydroxylation is 1. The summed E-state index contributed by atoms with van der Waals surface area (Å²) in [4.78, 5) is 55.4. The number of hydrogen-bond donors (Lipinski definition) is 2. The van der Waals surface area contributed by atoms with Gasteiger partial charge in [0.05, 0.1) is 16.9 Å². The third kappa shape index (κ3) is 2.49. The molecule has 8 atom stereocenters. The van der Waals surface area contributed by atoms with Gasteiger partial charge in [0.1, 0.15) is 6.04 Å². The van der Waals surface area contributed by atoms with E-state index in [2.05, 4.69) is 24.0 Å². The number of nitrogens with one attached hydrogen (secondary N) is 1. The number of H-pyrrole nitrogens is 1. The molecule has 0 radical (unpaired) electrons. The van der Waals surface area contributed by atoms with Gasteiger partial charge < -0.3 is 10.1 Å². The topological polar surface area (TPSA) is 108 Å². The highest BCUT2D eigenvalue weighted by Crippen LogP contribution is 2.68. The van der Waals surface area contributed by atoms with Crippen molar-refractivity contribution in [3.8, 4) is 0 Å². The number of amides is 2. The first-order chi connectivity index (χ1) is 15.3. The van der Waals surface area contributed by atoms with Crippen LogP contribution in [0.1, 0.15) is 35.3 Å². The summed E-state index contributed by atoms with van der Waals surface area (Å²) < 4.78 is 0. The molecule has 2 amide bonds. The lowest BCUT2D eigenvalue weighted by Crippen LogP contribution is -2.44. The second-order valence-electron chi connectivity index (χ2n) is 9.38. The van der Waals surface area contributed by atoms with Crippen molar-refractivity contribution in [3.05, 3.63) is 49.9 Å². The van der Waals surface area contributed by atoms with Crippen LogP contribution in [0.3, 0.4) is 0 Å². The van der Waals surface area contributed by atoms with Crippen LogP contribution in [-0.4, -0.2) is 44.1 Å². The van der Waals surface area contributed by atoms with Gasteiger partial charge in [-0.05, 0) is 49.1 Å². The van der Waals surface area contributed by atoms with Crippen molar-refractivity contribution in [2.24, 2.45) is 29.6 Å². The number of aromatic nitrogens is 1. The number of carboxylic acids is 1. The molecule has 9 heteroatoms. The zero-order valence-corrected chi connectivity index (χ0v) is 19.1. The molecule has 2 bridgehead atoms. The van der Waals surface area contributed by atoms with E-state index in [4.69, 9.17) is 0 Å². The minimum Gasteiger partial charge on any atom is -0.480 e. The van der Waals surface area contributed by atoms with Crippen LogP contribution in [0.25, 0.3) is 0 Å². The van der Waals surface area contributed by atoms with Crippen molar-refractivity contribution in [2.75, 3.05) is 0 Å². The third-order valence-corrected chi connectivity index (χ3v) is 10.6. The van der Waals surface area contributed by atoms with Crippen molar-refractivity contribution in [2.45, 2.75) is 42.5 Å². The quantitative estimate of drug-likeness (QED) is 0.668. The Morgan fingerprint density at radius 3 is 2.53 bits per heavy atom. The Labute approximate surface area is 192 Å². The summed E-state index contributed by atoms with van der Waals surface area (Å²) >= 11 is 2.88. The molecule has 166 valence electrons. The zero-order chi connectivity index (χ0) is 22.5. The van der Waals surface area contributed by atoms with Crippen molar-refractivity contribution in [3.63, 3.8) is 0 Å². The maximum absolute atomic E-state index is 13.3. The molecule has 6 rings (SSSR count). The van der Waals surface area contributed by atoms with E-state index in [1.54, 1.807) is 11.8 Å². The van der Waals surface area contributed by atoms with Crippen LogP contribution < -0.4 is 4.87 Å². The number of nitrogens with zero attached hydrogens (tertiary/aromatic N) is 1. The number of imide groups is 1. The highest BCUT2D eigenvalue weighted by Gasteiger charge is 2.70. The van der Waals surface area contributed by atoms with E-state index < -0.39 is 23.8 Å². The molecule has 0 unspecified atom stereocenters. The largest absolute Gasteiger partial charge is 0.480 e. The number of likely N-dealkylation sites (tertiary alicyclic amines) is 1. The van der Waals surface area contributed by atoms with E-state index in [1.165, 1.54) is 18.3 Å². The molecule has 1 aromatic heterocycles. The number of hydrogen-bond acceptors (Lipinski definition) is 6. The summed E-state index contributed by atoms with van der Waals surface area (Å²) in [6.45, 7) is 3.47. The Morgan fingerprint density at radius 1 is 1.16 bits per heavy atom. The molecular weight excluding hydrogens is 448 g/mol. The van der Waals surface area contributed by atoms with Crippen LogP contribution in [0.5, 0.6) is 0 Å². The average Bonchev–Trinajstić information content (AvgIpc) is 3.47. The molecule has 3 fully saturated rings. The van der Waals surface area contributed by atoms with E-state index in [0.29, 0.717) is 0 Å². The summed E-state index contributed by atoms with van der Waals surface area (Å²) in [6.07, 6.45) is 0.798. The highest BCUT2D eigenvalue weighted by atomic mass is 32.2. The number of rotatable bonds is 3. The van der Waals surface area contributed by atoms with E-state index in [-0.39, 0.29) is 45.6 Å². The van der Waals surface area contributed by atoms with Gasteiger partial charge in [0.15, 0.2) is 0 Å². The van der Waals surface area contributed by atoms with Gasteiger partial charge >= 0.3 is 10.8 Å². The minimum absolute atomic E-state index is 0.0000898. The van der Waals surface area contributed by atoms with Gasteiger partial charge in [0, 0.05) is 16.0 Å². The first-order valence-electron chi connectivity index (χ1n) is 10.8. The number of aliphatic carboxylic acids is 1. The summed E-state index contributed by atoms with van der Waals surface area (Å²) in [6, 6.07) is 7.02. The number of thioether (sulfide) groups is 1. The standard InChI is InChI=1S/C23H22N2O5S2/c1-8-5-3-4-6-10(8)13-14-11-7-12(17(14)31-19-18(13)32-23(30)24-19)16-15(11)20(26)25(21(16)27)9(2)22(28)29/h3-6,9,11-17H,7H2,1-2H3,(H,24,30)(H,28,29)/t9-,11+,12-,13+,14-,15-,16+,17+/m0/s1. The van der Waals surface area contributed by atoms with Crippen LogP contribution in [0.15, 0.2) is 34.1 Å². The minimum atomic E-state index is -1.16. The Kier molecular flexibility index (Phi) is 4.30. The Balaban J connectivity index is 1.47. The summed E-state index contributed by atoms with van der Waals surface area (Å²) in [5, 5.41) is 10.4. The van der Waals surface area contributed by atoms with Crippen LogP contribution in [-0.2, 0) is 14.4 Å². The van der Waals surface area contributed by atoms with E-state index in [0.717, 1.165) is 32.4 Å². The van der Waals surface area contributed by atoms with E-state index >= 15 is 0 Å². The average molecular weight is 471 g/mol. The van der Waals surface area contributed by atoms with Crippen molar-refractivity contribution in [1.29, 1.82) is 0 Å². The smallest absolute Gasteiger partial charge is 0.326 e. The Bertz CT molecular complexity index is 1230. The maximum Gasteiger partial charge on any atom is 0.326 e. The molecule has 1 aromatic carbocycles. The van der Waals surface area contributed by atoms with Gasteiger partial charge in [-0.2, -0.15) is 0 Å². The van der Waals surface area contributed by atoms with E-state index in [9.17, 15) is 24.3 Å². The first-order valence-corrected chi connectivity index (χ1v) is 12.5. The molecular formula is C23H22N2O5S2. The summed E-state index contributed by atoms with van der Waals surface area (Å²) in [7, 11) is 0. The van der Waals surface area contributed by atoms with Gasteiger partial charge in [-0.25, -0.2) is 4.79 Å². The number of fused-ring (bicyclic) bond motifs is 9. The number of carbonyl (C=O) groups excluding carboxylic acids is 2. The molecule has 3 heterocycles. The monoisotopic (exact) mass is 470 g/mol. The molecule has 1 saturated heterocycles. The van der Waals surface area contributed by atoms with Crippen LogP contribution in [0.4, 0.5) is 0 Å². The third-order valence-electron chi connectivity index (χ3n) is 8.03. The normalized spacial score (nSPS) is 35.6. The first kappa shape index (κ1) is 20.2. The number of benzene rings is 1. The summed E-state index contributed by atoms with van der Waals surface area (Å²) in [5.74, 6) is -2.61. The number of thiazole rings is 1. The predicted molar refractivity (Wildman–Crippen MR) is 119 cm³/mol. The van der Waals surface area contributed by atoms with E-state index in [1.807, 2.05) is 12.1 Å². The van der Waals surface area contributed by atoms with Crippen molar-refractivity contribution in [1.82, 2.24) is 9.88 Å². The molecule has 2 aromatic rings. The molecule has 0 spiro atoms. The second kappa shape index (κ2) is 6.81. The lowest BCUT2D eigenvalue weighted by molar-refractivity contribution is -0.154. The molecule has 2 aliphatic carbocycles. The second-order valence-corrected chi connectivity index (χ2v) is 11.6. The predicted octanol–water partition coefficient (Wildman–Crippen LogP) is 2.69. The van der Waals surface area contributed by atoms with Crippen LogP contribution in [0.2, 0.25) is 0 Å². The van der Waals surface area contributed by atoms with Gasteiger partial charge in [-0.15, -0.1) is 11.8 Å². The fourth-order valence-electron chi connectivity index (χ4n) is 6.82. The van der Waals surface area contributed by atoms with Crippen LogP contribution >= 0.6 is 23.1 Å². The molecule has 2 N–H and O–H groups in total. The molecule has 4 aliphatic rings. The summed E-state index contributed by atoms with van der Waals surface area (Å²) in [5.41, 5.74) is 2.31. The van der Waals surface area contributed by atoms with Gasteiger partial charge in [-0.1, -0.05) is 35.6 Å². The lowest BCUT2D eigenvalue weighted by atomic mass is 9.67. The molecule has 2 aliphatic heterocycles. The zero-order valence-electron chi connectivity index (χ0n) is 17.5. The maximum atomic E-state index is 13.3. The van der Waals surface area contributed by atoms with Crippen molar-refractivity contribution >= 4 is 40.9 Å². The Hall–Kier alpha value is -2.39. The molecule has 32 heavy (non-hydrogen) atoms. The van der Waals surface area contributed by atoms with Crippen LogP contribution in [0, 0.1) is 36.5 Å². The molecule has 2 saturated carbocycles. The fourth-order valence-corrected chi connectivity index (χ4v) is 9.70. The van der Waals surface area contributed by atoms with Gasteiger partial charge in [0.2, 0.25) is 11.8 Å². The highest BCUT2D eigenvalue weighted by molar-refractivity contribution is 8.00. The molecule has 7 nitrogen and oxygen atoms in total.